The van der Waals surface area contributed by atoms with E-state index in [0.29, 0.717) is 12.2 Å². The molecule has 1 heterocycles. The van der Waals surface area contributed by atoms with E-state index in [1.54, 1.807) is 6.07 Å². The Kier molecular flexibility index (Phi) is 2.99. The molecule has 4 nitrogen and oxygen atoms in total. The number of rotatable bonds is 3. The van der Waals surface area contributed by atoms with E-state index < -0.39 is 5.82 Å². The van der Waals surface area contributed by atoms with Gasteiger partial charge in [-0.05, 0) is 26.0 Å². The predicted molar refractivity (Wildman–Crippen MR) is 61.4 cm³/mol. The number of benzene rings is 1. The van der Waals surface area contributed by atoms with Crippen molar-refractivity contribution in [3.63, 3.8) is 0 Å². The van der Waals surface area contributed by atoms with Gasteiger partial charge in [-0.1, -0.05) is 5.16 Å². The van der Waals surface area contributed by atoms with Crippen LogP contribution >= 0.6 is 0 Å². The number of aryl methyl sites for hydroxylation is 2. The van der Waals surface area contributed by atoms with Gasteiger partial charge in [0.15, 0.2) is 11.6 Å². The fraction of sp³-hybridized carbons (Fsp3) is 0.250. The molecule has 0 saturated carbocycles. The Morgan fingerprint density at radius 2 is 2.18 bits per heavy atom. The van der Waals surface area contributed by atoms with Crippen molar-refractivity contribution in [3.05, 3.63) is 41.0 Å². The molecule has 0 atom stereocenters. The van der Waals surface area contributed by atoms with Crippen LogP contribution in [0.2, 0.25) is 0 Å². The fourth-order valence-electron chi connectivity index (χ4n) is 1.56. The molecule has 0 amide bonds. The van der Waals surface area contributed by atoms with Crippen molar-refractivity contribution >= 4 is 5.69 Å². The molecule has 2 rings (SSSR count). The predicted octanol–water partition coefficient (Wildman–Crippen LogP) is 2.75. The summed E-state index contributed by atoms with van der Waals surface area (Å²) in [6.45, 7) is 4.19. The molecule has 5 heteroatoms. The molecule has 0 unspecified atom stereocenters. The molecule has 0 radical (unpaired) electrons. The van der Waals surface area contributed by atoms with Crippen molar-refractivity contribution in [2.24, 2.45) is 0 Å². The first-order valence-corrected chi connectivity index (χ1v) is 5.22. The van der Waals surface area contributed by atoms with Crippen molar-refractivity contribution in [2.45, 2.75) is 20.4 Å². The van der Waals surface area contributed by atoms with Gasteiger partial charge in [-0.2, -0.15) is 0 Å². The van der Waals surface area contributed by atoms with Crippen LogP contribution in [0.1, 0.15) is 17.0 Å². The third-order valence-electron chi connectivity index (χ3n) is 2.60. The molecule has 2 aromatic rings. The maximum atomic E-state index is 13.1. The fourth-order valence-corrected chi connectivity index (χ4v) is 1.56. The average molecular weight is 236 g/mol. The lowest BCUT2D eigenvalue weighted by Crippen LogP contribution is -2.01. The monoisotopic (exact) mass is 236 g/mol. The molecule has 1 aromatic heterocycles. The Balaban J connectivity index is 2.10. The second-order valence-electron chi connectivity index (χ2n) is 3.82. The van der Waals surface area contributed by atoms with Crippen LogP contribution in [0.5, 0.6) is 5.75 Å². The van der Waals surface area contributed by atoms with Gasteiger partial charge >= 0.3 is 0 Å². The number of hydrogen-bond acceptors (Lipinski definition) is 4. The van der Waals surface area contributed by atoms with Crippen molar-refractivity contribution < 1.29 is 14.0 Å². The maximum Gasteiger partial charge on any atom is 0.166 e. The standard InChI is InChI=1S/C12H13FN2O2/c1-7-10(8(2)17-15-7)6-14-9-3-4-12(16)11(13)5-9/h3-5,14,16H,6H2,1-2H3. The number of hydrogen-bond donors (Lipinski definition) is 2. The first-order valence-electron chi connectivity index (χ1n) is 5.22. The van der Waals surface area contributed by atoms with E-state index >= 15 is 0 Å². The average Bonchev–Trinajstić information content (AvgIpc) is 2.61. The summed E-state index contributed by atoms with van der Waals surface area (Å²) in [6.07, 6.45) is 0. The van der Waals surface area contributed by atoms with E-state index in [0.717, 1.165) is 17.0 Å². The van der Waals surface area contributed by atoms with Gasteiger partial charge in [0.1, 0.15) is 5.76 Å². The molecule has 0 aliphatic heterocycles. The van der Waals surface area contributed by atoms with Crippen molar-refractivity contribution in [3.8, 4) is 5.75 Å². The molecule has 0 fully saturated rings. The molecule has 90 valence electrons. The van der Waals surface area contributed by atoms with Crippen LogP contribution in [0.15, 0.2) is 22.7 Å². The van der Waals surface area contributed by atoms with E-state index in [4.69, 9.17) is 9.63 Å². The van der Waals surface area contributed by atoms with Crippen LogP contribution in [-0.2, 0) is 6.54 Å². The Bertz CT molecular complexity index is 518. The van der Waals surface area contributed by atoms with Crippen LogP contribution in [0, 0.1) is 19.7 Å². The summed E-state index contributed by atoms with van der Waals surface area (Å²) >= 11 is 0. The van der Waals surface area contributed by atoms with Gasteiger partial charge in [-0.3, -0.25) is 0 Å². The lowest BCUT2D eigenvalue weighted by atomic mass is 10.2. The minimum absolute atomic E-state index is 0.354. The number of phenols is 1. The number of anilines is 1. The van der Waals surface area contributed by atoms with Crippen LogP contribution < -0.4 is 5.32 Å². The zero-order valence-electron chi connectivity index (χ0n) is 9.62. The lowest BCUT2D eigenvalue weighted by molar-refractivity contribution is 0.392. The Morgan fingerprint density at radius 3 is 2.76 bits per heavy atom. The number of nitrogens with zero attached hydrogens (tertiary/aromatic N) is 1. The third-order valence-corrected chi connectivity index (χ3v) is 2.60. The maximum absolute atomic E-state index is 13.1. The summed E-state index contributed by atoms with van der Waals surface area (Å²) in [5.41, 5.74) is 2.37. The minimum atomic E-state index is -0.645. The lowest BCUT2D eigenvalue weighted by Gasteiger charge is -2.06. The smallest absolute Gasteiger partial charge is 0.166 e. The highest BCUT2D eigenvalue weighted by atomic mass is 19.1. The summed E-state index contributed by atoms with van der Waals surface area (Å²) < 4.78 is 18.1. The van der Waals surface area contributed by atoms with Crippen molar-refractivity contribution in [2.75, 3.05) is 5.32 Å². The van der Waals surface area contributed by atoms with Gasteiger partial charge in [0.25, 0.3) is 0 Å². The van der Waals surface area contributed by atoms with Crippen LogP contribution in [-0.4, -0.2) is 10.3 Å². The first kappa shape index (κ1) is 11.4. The molecule has 0 aliphatic carbocycles. The number of aromatic hydroxyl groups is 1. The molecule has 2 N–H and O–H groups in total. The van der Waals surface area contributed by atoms with E-state index in [-0.39, 0.29) is 5.75 Å². The highest BCUT2D eigenvalue weighted by molar-refractivity contribution is 5.47. The zero-order chi connectivity index (χ0) is 12.4. The Hall–Kier alpha value is -2.04. The summed E-state index contributed by atoms with van der Waals surface area (Å²) in [6, 6.07) is 4.16. The molecule has 0 spiro atoms. The summed E-state index contributed by atoms with van der Waals surface area (Å²) in [5, 5.41) is 15.9. The topological polar surface area (TPSA) is 58.3 Å². The molecule has 0 bridgehead atoms. The molecule has 1 aromatic carbocycles. The van der Waals surface area contributed by atoms with E-state index in [1.165, 1.54) is 12.1 Å². The molecule has 0 saturated heterocycles. The van der Waals surface area contributed by atoms with Gasteiger partial charge in [0.05, 0.1) is 5.69 Å². The minimum Gasteiger partial charge on any atom is -0.505 e. The van der Waals surface area contributed by atoms with Gasteiger partial charge in [0, 0.05) is 23.9 Å². The van der Waals surface area contributed by atoms with Gasteiger partial charge in [-0.25, -0.2) is 4.39 Å². The number of nitrogens with one attached hydrogen (secondary N) is 1. The summed E-state index contributed by atoms with van der Waals surface area (Å²) in [7, 11) is 0. The SMILES string of the molecule is Cc1noc(C)c1CNc1ccc(O)c(F)c1. The third kappa shape index (κ3) is 2.38. The Morgan fingerprint density at radius 1 is 1.41 bits per heavy atom. The van der Waals surface area contributed by atoms with Crippen LogP contribution in [0.4, 0.5) is 10.1 Å². The Labute approximate surface area is 98.1 Å². The van der Waals surface area contributed by atoms with E-state index in [9.17, 15) is 4.39 Å². The molecular weight excluding hydrogens is 223 g/mol. The zero-order valence-corrected chi connectivity index (χ0v) is 9.62. The van der Waals surface area contributed by atoms with E-state index in [2.05, 4.69) is 10.5 Å². The van der Waals surface area contributed by atoms with Crippen LogP contribution in [0.25, 0.3) is 0 Å². The number of halogens is 1. The van der Waals surface area contributed by atoms with Gasteiger partial charge < -0.3 is 14.9 Å². The second-order valence-corrected chi connectivity index (χ2v) is 3.82. The first-order chi connectivity index (χ1) is 8.08. The number of phenolic OH excluding ortho intramolecular Hbond substituents is 1. The van der Waals surface area contributed by atoms with E-state index in [1.807, 2.05) is 13.8 Å². The summed E-state index contributed by atoms with van der Waals surface area (Å²) in [5.74, 6) is -0.254. The molecule has 17 heavy (non-hydrogen) atoms. The second kappa shape index (κ2) is 4.45. The summed E-state index contributed by atoms with van der Waals surface area (Å²) in [4.78, 5) is 0. The largest absolute Gasteiger partial charge is 0.505 e. The van der Waals surface area contributed by atoms with Crippen LogP contribution in [0.3, 0.4) is 0 Å². The molecular formula is C12H13FN2O2. The highest BCUT2D eigenvalue weighted by Gasteiger charge is 2.08. The van der Waals surface area contributed by atoms with Crippen molar-refractivity contribution in [1.29, 1.82) is 0 Å². The number of aromatic nitrogens is 1. The normalized spacial score (nSPS) is 10.5. The molecule has 0 aliphatic rings. The van der Waals surface area contributed by atoms with Gasteiger partial charge in [-0.15, -0.1) is 0 Å². The quantitative estimate of drug-likeness (QED) is 0.804. The highest BCUT2D eigenvalue weighted by Crippen LogP contribution is 2.21. The van der Waals surface area contributed by atoms with Crippen molar-refractivity contribution in [1.82, 2.24) is 5.16 Å². The van der Waals surface area contributed by atoms with Gasteiger partial charge in [0.2, 0.25) is 0 Å².